The quantitative estimate of drug-likeness (QED) is 0.410. The molecule has 1 aliphatic rings. The van der Waals surface area contributed by atoms with Gasteiger partial charge in [0.2, 0.25) is 0 Å². The van der Waals surface area contributed by atoms with Crippen molar-refractivity contribution < 1.29 is 0 Å². The lowest BCUT2D eigenvalue weighted by atomic mass is 9.99. The van der Waals surface area contributed by atoms with E-state index in [1.165, 1.54) is 5.56 Å². The summed E-state index contributed by atoms with van der Waals surface area (Å²) in [5.41, 5.74) is 3.44. The van der Waals surface area contributed by atoms with Crippen LogP contribution in [-0.2, 0) is 6.42 Å². The minimum absolute atomic E-state index is 0.439. The first-order valence-electron chi connectivity index (χ1n) is 11.4. The molecule has 2 N–H and O–H groups in total. The van der Waals surface area contributed by atoms with E-state index >= 15 is 0 Å². The number of nitrogens with zero attached hydrogens (tertiary/aromatic N) is 3. The van der Waals surface area contributed by atoms with Gasteiger partial charge in [-0.2, -0.15) is 0 Å². The van der Waals surface area contributed by atoms with Crippen molar-refractivity contribution in [2.75, 3.05) is 26.2 Å². The Bertz CT molecular complexity index is 1030. The van der Waals surface area contributed by atoms with E-state index in [4.69, 9.17) is 10.8 Å². The van der Waals surface area contributed by atoms with Gasteiger partial charge in [-0.05, 0) is 48.6 Å². The van der Waals surface area contributed by atoms with Gasteiger partial charge in [0.25, 0.3) is 0 Å². The van der Waals surface area contributed by atoms with Crippen molar-refractivity contribution in [3.63, 3.8) is 0 Å². The molecule has 170 valence electrons. The summed E-state index contributed by atoms with van der Waals surface area (Å²) in [7, 11) is 0. The average Bonchev–Trinajstić information content (AvgIpc) is 2.87. The maximum atomic E-state index is 8.95. The molecule has 1 fully saturated rings. The number of piperazine rings is 1. The molecule has 2 aromatic rings. The number of hydrogen-bond acceptors (Lipinski definition) is 4. The lowest BCUT2D eigenvalue weighted by Gasteiger charge is -2.37. The Morgan fingerprint density at radius 3 is 2.18 bits per heavy atom. The van der Waals surface area contributed by atoms with E-state index < -0.39 is 0 Å². The molecule has 5 nitrogen and oxygen atoms in total. The van der Waals surface area contributed by atoms with Crippen LogP contribution in [0.1, 0.15) is 24.5 Å². The van der Waals surface area contributed by atoms with E-state index in [1.54, 1.807) is 6.21 Å². The fraction of sp³-hybridized carbons (Fsp3) is 0.250. The number of aliphatic imine (C=N–C) groups is 1. The summed E-state index contributed by atoms with van der Waals surface area (Å²) >= 11 is 0. The fourth-order valence-corrected chi connectivity index (χ4v) is 3.75. The largest absolute Gasteiger partial charge is 0.354 e. The number of amidine groups is 1. The molecule has 0 unspecified atom stereocenters. The fourth-order valence-electron chi connectivity index (χ4n) is 3.75. The van der Waals surface area contributed by atoms with E-state index in [2.05, 4.69) is 33.5 Å². The minimum atomic E-state index is 0.439. The lowest BCUT2D eigenvalue weighted by Crippen LogP contribution is -2.48. The zero-order valence-corrected chi connectivity index (χ0v) is 19.4. The Hall–Kier alpha value is -3.73. The number of allylic oxidation sites excluding steroid dienone is 3. The van der Waals surface area contributed by atoms with Gasteiger partial charge in [-0.3, -0.25) is 5.41 Å². The van der Waals surface area contributed by atoms with Crippen molar-refractivity contribution in [2.45, 2.75) is 19.8 Å². The summed E-state index contributed by atoms with van der Waals surface area (Å²) in [5.74, 6) is 1.26. The first-order valence-corrected chi connectivity index (χ1v) is 11.4. The summed E-state index contributed by atoms with van der Waals surface area (Å²) in [5, 5.41) is 17.5. The SMILES string of the molecule is C=C(/N=C\C=C/C)N1CCN(C(=N)/C(=C\C(=N)c2ccccc2)CCc2ccccc2)CC1. The van der Waals surface area contributed by atoms with Gasteiger partial charge in [-0.25, -0.2) is 4.99 Å². The van der Waals surface area contributed by atoms with E-state index in [1.807, 2.05) is 73.7 Å². The molecule has 1 saturated heterocycles. The van der Waals surface area contributed by atoms with Crippen LogP contribution in [0.2, 0.25) is 0 Å². The summed E-state index contributed by atoms with van der Waals surface area (Å²) in [6, 6.07) is 20.0. The summed E-state index contributed by atoms with van der Waals surface area (Å²) in [6.07, 6.45) is 9.02. The zero-order chi connectivity index (χ0) is 23.5. The molecule has 0 spiro atoms. The third-order valence-electron chi connectivity index (χ3n) is 5.70. The van der Waals surface area contributed by atoms with Crippen LogP contribution in [0.15, 0.2) is 102 Å². The molecule has 2 aromatic carbocycles. The highest BCUT2D eigenvalue weighted by atomic mass is 15.3. The molecule has 1 heterocycles. The Labute approximate surface area is 197 Å². The highest BCUT2D eigenvalue weighted by Crippen LogP contribution is 2.17. The molecule has 1 aliphatic heterocycles. The third kappa shape index (κ3) is 7.14. The van der Waals surface area contributed by atoms with Crippen molar-refractivity contribution in [1.82, 2.24) is 9.80 Å². The van der Waals surface area contributed by atoms with E-state index in [0.29, 0.717) is 11.5 Å². The van der Waals surface area contributed by atoms with Gasteiger partial charge in [-0.1, -0.05) is 73.3 Å². The van der Waals surface area contributed by atoms with Gasteiger partial charge >= 0.3 is 0 Å². The van der Waals surface area contributed by atoms with Crippen LogP contribution < -0.4 is 0 Å². The molecular formula is C28H33N5. The first kappa shape index (κ1) is 23.9. The van der Waals surface area contributed by atoms with Crippen LogP contribution in [0, 0.1) is 10.8 Å². The van der Waals surface area contributed by atoms with Crippen LogP contribution in [0.25, 0.3) is 0 Å². The van der Waals surface area contributed by atoms with Gasteiger partial charge in [0.15, 0.2) is 0 Å². The molecule has 0 bridgehead atoms. The van der Waals surface area contributed by atoms with Gasteiger partial charge in [0, 0.05) is 32.4 Å². The van der Waals surface area contributed by atoms with Crippen LogP contribution in [0.3, 0.4) is 0 Å². The first-order chi connectivity index (χ1) is 16.1. The van der Waals surface area contributed by atoms with Crippen molar-refractivity contribution in [3.05, 3.63) is 108 Å². The number of aryl methyl sites for hydroxylation is 1. The van der Waals surface area contributed by atoms with Crippen LogP contribution >= 0.6 is 0 Å². The van der Waals surface area contributed by atoms with Crippen LogP contribution in [0.4, 0.5) is 0 Å². The topological polar surface area (TPSA) is 66.5 Å². The van der Waals surface area contributed by atoms with Crippen molar-refractivity contribution in [1.29, 1.82) is 10.8 Å². The minimum Gasteiger partial charge on any atom is -0.354 e. The van der Waals surface area contributed by atoms with Crippen molar-refractivity contribution in [2.24, 2.45) is 4.99 Å². The molecule has 33 heavy (non-hydrogen) atoms. The van der Waals surface area contributed by atoms with Gasteiger partial charge in [0.05, 0.1) is 5.71 Å². The number of hydrogen-bond donors (Lipinski definition) is 2. The number of rotatable bonds is 9. The molecular weight excluding hydrogens is 406 g/mol. The standard InChI is InChI=1S/C28H33N5/c1-3-4-17-31-23(2)32-18-20-33(21-19-32)28(30)26(16-15-24-11-7-5-8-12-24)22-27(29)25-13-9-6-10-14-25/h3-14,17,22,29-30H,2,15-16,18-21H2,1H3/b4-3-,26-22-,29-27?,30-28?,31-17-. The highest BCUT2D eigenvalue weighted by molar-refractivity contribution is 6.11. The maximum absolute atomic E-state index is 8.95. The molecule has 0 saturated carbocycles. The Morgan fingerprint density at radius 1 is 0.939 bits per heavy atom. The smallest absolute Gasteiger partial charge is 0.124 e. The monoisotopic (exact) mass is 439 g/mol. The molecule has 0 aliphatic carbocycles. The van der Waals surface area contributed by atoms with Crippen molar-refractivity contribution in [3.8, 4) is 0 Å². The molecule has 0 aromatic heterocycles. The molecule has 0 atom stereocenters. The highest BCUT2D eigenvalue weighted by Gasteiger charge is 2.22. The van der Waals surface area contributed by atoms with E-state index in [-0.39, 0.29) is 0 Å². The molecule has 0 amide bonds. The average molecular weight is 440 g/mol. The van der Waals surface area contributed by atoms with Gasteiger partial charge in [-0.15, -0.1) is 0 Å². The normalized spacial score (nSPS) is 14.8. The number of benzene rings is 2. The molecule has 0 radical (unpaired) electrons. The predicted octanol–water partition coefficient (Wildman–Crippen LogP) is 5.33. The third-order valence-corrected chi connectivity index (χ3v) is 5.70. The Morgan fingerprint density at radius 2 is 1.55 bits per heavy atom. The maximum Gasteiger partial charge on any atom is 0.124 e. The predicted molar refractivity (Wildman–Crippen MR) is 139 cm³/mol. The second-order valence-electron chi connectivity index (χ2n) is 7.98. The number of nitrogens with one attached hydrogen (secondary N) is 2. The van der Waals surface area contributed by atoms with Gasteiger partial charge in [0.1, 0.15) is 11.7 Å². The second-order valence-corrected chi connectivity index (χ2v) is 7.98. The van der Waals surface area contributed by atoms with Crippen LogP contribution in [-0.4, -0.2) is 53.7 Å². The molecule has 5 heteroatoms. The van der Waals surface area contributed by atoms with E-state index in [9.17, 15) is 0 Å². The summed E-state index contributed by atoms with van der Waals surface area (Å²) in [4.78, 5) is 8.65. The Balaban J connectivity index is 1.70. The Kier molecular flexibility index (Phi) is 8.95. The van der Waals surface area contributed by atoms with Gasteiger partial charge < -0.3 is 15.2 Å². The molecule has 3 rings (SSSR count). The van der Waals surface area contributed by atoms with Crippen molar-refractivity contribution >= 4 is 17.8 Å². The van der Waals surface area contributed by atoms with Crippen LogP contribution in [0.5, 0.6) is 0 Å². The summed E-state index contributed by atoms with van der Waals surface area (Å²) in [6.45, 7) is 9.05. The summed E-state index contributed by atoms with van der Waals surface area (Å²) < 4.78 is 0. The van der Waals surface area contributed by atoms with E-state index in [0.717, 1.165) is 56.0 Å². The lowest BCUT2D eigenvalue weighted by molar-refractivity contribution is 0.220. The second kappa shape index (κ2) is 12.3. The zero-order valence-electron chi connectivity index (χ0n) is 19.4.